The number of fused-ring (bicyclic) bond motifs is 2. The van der Waals surface area contributed by atoms with Gasteiger partial charge in [-0.3, -0.25) is 4.79 Å². The van der Waals surface area contributed by atoms with E-state index in [-0.39, 0.29) is 18.1 Å². The molecule has 0 N–H and O–H groups in total. The molecule has 2 aliphatic rings. The smallest absolute Gasteiger partial charge is 0.161 e. The summed E-state index contributed by atoms with van der Waals surface area (Å²) >= 11 is 0. The number of methoxy groups -OCH3 is 2. The van der Waals surface area contributed by atoms with Crippen LogP contribution in [0.3, 0.4) is 0 Å². The molecule has 2 bridgehead atoms. The van der Waals surface area contributed by atoms with Gasteiger partial charge in [0.1, 0.15) is 5.78 Å². The molecule has 0 radical (unpaired) electrons. The number of rotatable bonds is 3. The number of allylic oxidation sites excluding steroid dienone is 2. The van der Waals surface area contributed by atoms with E-state index in [9.17, 15) is 4.79 Å². The number of ketones is 1. The molecule has 0 aromatic heterocycles. The average Bonchev–Trinajstić information content (AvgIpc) is 2.57. The first-order valence-electron chi connectivity index (χ1n) is 5.45. The number of hydrogen-bond acceptors (Lipinski definition) is 3. The zero-order valence-corrected chi connectivity index (χ0v) is 9.47. The van der Waals surface area contributed by atoms with Crippen LogP contribution in [0.25, 0.3) is 0 Å². The Morgan fingerprint density at radius 1 is 1.33 bits per heavy atom. The Kier molecular flexibility index (Phi) is 2.94. The Bertz CT molecular complexity index is 281. The first-order chi connectivity index (χ1) is 7.19. The van der Waals surface area contributed by atoms with Crippen LogP contribution in [-0.2, 0) is 14.3 Å². The lowest BCUT2D eigenvalue weighted by Gasteiger charge is -2.37. The fourth-order valence-corrected chi connectivity index (χ4v) is 2.99. The summed E-state index contributed by atoms with van der Waals surface area (Å²) in [7, 11) is 3.27. The molecule has 4 atom stereocenters. The van der Waals surface area contributed by atoms with Gasteiger partial charge in [-0.25, -0.2) is 0 Å². The predicted molar refractivity (Wildman–Crippen MR) is 56.2 cm³/mol. The van der Waals surface area contributed by atoms with Crippen molar-refractivity contribution in [3.05, 3.63) is 12.2 Å². The third-order valence-corrected chi connectivity index (χ3v) is 3.73. The van der Waals surface area contributed by atoms with Crippen LogP contribution in [0, 0.1) is 23.7 Å². The number of carbonyl (C=O) groups is 1. The fourth-order valence-electron chi connectivity index (χ4n) is 2.99. The van der Waals surface area contributed by atoms with Gasteiger partial charge in [0, 0.05) is 32.5 Å². The molecule has 0 saturated heterocycles. The molecule has 2 aliphatic carbocycles. The zero-order chi connectivity index (χ0) is 11.0. The molecule has 0 heterocycles. The quantitative estimate of drug-likeness (QED) is 0.524. The molecule has 2 rings (SSSR count). The van der Waals surface area contributed by atoms with Gasteiger partial charge in [0.2, 0.25) is 0 Å². The van der Waals surface area contributed by atoms with Crippen molar-refractivity contribution in [2.75, 3.05) is 14.2 Å². The van der Waals surface area contributed by atoms with Crippen LogP contribution in [-0.4, -0.2) is 26.3 Å². The van der Waals surface area contributed by atoms with Crippen molar-refractivity contribution in [2.24, 2.45) is 23.7 Å². The highest BCUT2D eigenvalue weighted by atomic mass is 16.7. The van der Waals surface area contributed by atoms with Gasteiger partial charge in [-0.05, 0) is 11.8 Å². The van der Waals surface area contributed by atoms with Gasteiger partial charge in [0.25, 0.3) is 0 Å². The average molecular weight is 210 g/mol. The van der Waals surface area contributed by atoms with Crippen LogP contribution < -0.4 is 0 Å². The third-order valence-electron chi connectivity index (χ3n) is 3.73. The van der Waals surface area contributed by atoms with Crippen LogP contribution in [0.1, 0.15) is 13.3 Å². The van der Waals surface area contributed by atoms with Gasteiger partial charge in [-0.15, -0.1) is 0 Å². The molecule has 0 aromatic rings. The first-order valence-corrected chi connectivity index (χ1v) is 5.45. The van der Waals surface area contributed by atoms with Crippen molar-refractivity contribution in [2.45, 2.75) is 19.6 Å². The standard InChI is InChI=1S/C12H18O3/c1-7-6-10(13)9-5-4-8(7)11(9)12(14-2)15-3/h4-5,7-9,11-12H,6H2,1-3H3/t7-,8-,9+,11+/m1/s1. The molecular formula is C12H18O3. The Labute approximate surface area is 90.4 Å². The Balaban J connectivity index is 2.23. The first kappa shape index (κ1) is 10.8. The Morgan fingerprint density at radius 3 is 2.60 bits per heavy atom. The summed E-state index contributed by atoms with van der Waals surface area (Å²) in [6.07, 6.45) is 4.63. The third kappa shape index (κ3) is 1.64. The van der Waals surface area contributed by atoms with Gasteiger partial charge in [-0.2, -0.15) is 0 Å². The number of Topliss-reactive ketones (excluding diaryl/α,β-unsaturated/α-hetero) is 1. The van der Waals surface area contributed by atoms with Crippen LogP contribution in [0.4, 0.5) is 0 Å². The molecule has 3 nitrogen and oxygen atoms in total. The van der Waals surface area contributed by atoms with E-state index in [1.54, 1.807) is 14.2 Å². The molecule has 3 heteroatoms. The summed E-state index contributed by atoms with van der Waals surface area (Å²) in [4.78, 5) is 11.8. The van der Waals surface area contributed by atoms with Gasteiger partial charge >= 0.3 is 0 Å². The summed E-state index contributed by atoms with van der Waals surface area (Å²) < 4.78 is 10.6. The van der Waals surface area contributed by atoms with E-state index in [2.05, 4.69) is 13.0 Å². The molecular weight excluding hydrogens is 192 g/mol. The SMILES string of the molecule is COC(OC)[C@H]1[C@@H]2C=C[C@H]1C(=O)C[C@H]2C. The second kappa shape index (κ2) is 4.06. The van der Waals surface area contributed by atoms with E-state index in [1.807, 2.05) is 6.08 Å². The highest BCUT2D eigenvalue weighted by Crippen LogP contribution is 2.45. The fraction of sp³-hybridized carbons (Fsp3) is 0.750. The van der Waals surface area contributed by atoms with Crippen LogP contribution in [0.2, 0.25) is 0 Å². The Hall–Kier alpha value is -0.670. The van der Waals surface area contributed by atoms with E-state index < -0.39 is 0 Å². The largest absolute Gasteiger partial charge is 0.356 e. The van der Waals surface area contributed by atoms with Crippen molar-refractivity contribution in [3.8, 4) is 0 Å². The van der Waals surface area contributed by atoms with E-state index in [0.717, 1.165) is 0 Å². The maximum Gasteiger partial charge on any atom is 0.161 e. The summed E-state index contributed by atoms with van der Waals surface area (Å²) in [5.41, 5.74) is 0. The van der Waals surface area contributed by atoms with E-state index in [4.69, 9.17) is 9.47 Å². The summed E-state index contributed by atoms with van der Waals surface area (Å²) in [5.74, 6) is 1.35. The minimum absolute atomic E-state index is 0.0103. The second-order valence-electron chi connectivity index (χ2n) is 4.55. The van der Waals surface area contributed by atoms with E-state index in [1.165, 1.54) is 0 Å². The monoisotopic (exact) mass is 210 g/mol. The number of hydrogen-bond donors (Lipinski definition) is 0. The van der Waals surface area contributed by atoms with Crippen LogP contribution in [0.5, 0.6) is 0 Å². The number of carbonyl (C=O) groups excluding carboxylic acids is 1. The molecule has 0 aliphatic heterocycles. The van der Waals surface area contributed by atoms with Crippen molar-refractivity contribution in [3.63, 3.8) is 0 Å². The van der Waals surface area contributed by atoms with Crippen molar-refractivity contribution < 1.29 is 14.3 Å². The second-order valence-corrected chi connectivity index (χ2v) is 4.55. The lowest BCUT2D eigenvalue weighted by molar-refractivity contribution is -0.168. The minimum atomic E-state index is -0.262. The summed E-state index contributed by atoms with van der Waals surface area (Å²) in [5, 5.41) is 0. The maximum absolute atomic E-state index is 11.8. The highest BCUT2D eigenvalue weighted by Gasteiger charge is 2.47. The molecule has 0 aromatic carbocycles. The van der Waals surface area contributed by atoms with Crippen molar-refractivity contribution >= 4 is 5.78 Å². The molecule has 0 amide bonds. The van der Waals surface area contributed by atoms with Crippen molar-refractivity contribution in [1.29, 1.82) is 0 Å². The lowest BCUT2D eigenvalue weighted by atomic mass is 9.71. The number of ether oxygens (including phenoxy) is 2. The summed E-state index contributed by atoms with van der Waals surface area (Å²) in [6.45, 7) is 2.13. The van der Waals surface area contributed by atoms with Crippen LogP contribution >= 0.6 is 0 Å². The van der Waals surface area contributed by atoms with Crippen molar-refractivity contribution in [1.82, 2.24) is 0 Å². The normalized spacial score (nSPS) is 39.1. The Morgan fingerprint density at radius 2 is 2.00 bits per heavy atom. The minimum Gasteiger partial charge on any atom is -0.356 e. The predicted octanol–water partition coefficient (Wildman–Crippen LogP) is 1.63. The molecule has 1 saturated carbocycles. The zero-order valence-electron chi connectivity index (χ0n) is 9.47. The van der Waals surface area contributed by atoms with Gasteiger partial charge in [0.05, 0.1) is 0 Å². The van der Waals surface area contributed by atoms with Gasteiger partial charge in [-0.1, -0.05) is 19.1 Å². The van der Waals surface area contributed by atoms with Crippen LogP contribution in [0.15, 0.2) is 12.2 Å². The highest BCUT2D eigenvalue weighted by molar-refractivity contribution is 5.85. The summed E-state index contributed by atoms with van der Waals surface area (Å²) in [6, 6.07) is 0. The van der Waals surface area contributed by atoms with Gasteiger partial charge in [0.15, 0.2) is 6.29 Å². The van der Waals surface area contributed by atoms with Gasteiger partial charge < -0.3 is 9.47 Å². The van der Waals surface area contributed by atoms with E-state index in [0.29, 0.717) is 24.0 Å². The maximum atomic E-state index is 11.8. The lowest BCUT2D eigenvalue weighted by Crippen LogP contribution is -2.42. The molecule has 0 unspecified atom stereocenters. The van der Waals surface area contributed by atoms with E-state index >= 15 is 0 Å². The molecule has 15 heavy (non-hydrogen) atoms. The molecule has 1 fully saturated rings. The molecule has 84 valence electrons. The topological polar surface area (TPSA) is 35.5 Å². The molecule has 0 spiro atoms.